The molecular formula is C28H30BClFN7O. The van der Waals surface area contributed by atoms with Crippen LogP contribution in [0.4, 0.5) is 15.8 Å². The first kappa shape index (κ1) is 26.9. The first-order valence-electron chi connectivity index (χ1n) is 12.9. The molecule has 3 N–H and O–H groups in total. The molecule has 1 fully saturated rings. The fourth-order valence-electron chi connectivity index (χ4n) is 4.66. The second-order valence-electron chi connectivity index (χ2n) is 11.3. The quantitative estimate of drug-likeness (QED) is 0.278. The molecule has 200 valence electrons. The number of pyridine rings is 1. The van der Waals surface area contributed by atoms with Gasteiger partial charge in [0.25, 0.3) is 0 Å². The zero-order valence-electron chi connectivity index (χ0n) is 22.3. The Hall–Kier alpha value is -3.68. The number of nitrogens with one attached hydrogen (secondary N) is 2. The summed E-state index contributed by atoms with van der Waals surface area (Å²) in [5.41, 5.74) is 2.35. The molecule has 1 aliphatic carbocycles. The average Bonchev–Trinajstić information content (AvgIpc) is 3.62. The molecule has 4 aromatic rings. The highest BCUT2D eigenvalue weighted by atomic mass is 35.5. The summed E-state index contributed by atoms with van der Waals surface area (Å²) in [4.78, 5) is 4.45. The Bertz CT molecular complexity index is 1560. The topological polar surface area (TPSA) is 112 Å². The number of rotatable bonds is 8. The molecule has 2 atom stereocenters. The van der Waals surface area contributed by atoms with Crippen LogP contribution >= 0.6 is 11.6 Å². The number of halogens is 2. The summed E-state index contributed by atoms with van der Waals surface area (Å²) >= 11 is 6.74. The number of nitriles is 1. The lowest BCUT2D eigenvalue weighted by molar-refractivity contribution is 0.202. The average molecular weight is 546 g/mol. The van der Waals surface area contributed by atoms with Crippen LogP contribution < -0.4 is 10.6 Å². The molecule has 0 spiro atoms. The van der Waals surface area contributed by atoms with Crippen LogP contribution in [0.15, 0.2) is 48.8 Å². The second-order valence-corrected chi connectivity index (χ2v) is 11.7. The van der Waals surface area contributed by atoms with Gasteiger partial charge in [0, 0.05) is 17.3 Å². The molecule has 0 amide bonds. The fourth-order valence-corrected chi connectivity index (χ4v) is 4.93. The molecule has 2 aromatic carbocycles. The van der Waals surface area contributed by atoms with Crippen molar-refractivity contribution in [2.45, 2.75) is 51.1 Å². The van der Waals surface area contributed by atoms with Crippen LogP contribution in [-0.4, -0.2) is 45.6 Å². The largest absolute Gasteiger partial charge is 0.394 e. The molecule has 0 saturated heterocycles. The van der Waals surface area contributed by atoms with Crippen molar-refractivity contribution in [2.24, 2.45) is 5.41 Å². The molecule has 11 heteroatoms. The first-order chi connectivity index (χ1) is 18.5. The van der Waals surface area contributed by atoms with E-state index in [-0.39, 0.29) is 23.9 Å². The van der Waals surface area contributed by atoms with E-state index in [0.717, 1.165) is 18.4 Å². The van der Waals surface area contributed by atoms with E-state index >= 15 is 0 Å². The molecule has 2 heterocycles. The van der Waals surface area contributed by atoms with Gasteiger partial charge >= 0.3 is 0 Å². The van der Waals surface area contributed by atoms with Gasteiger partial charge in [0.2, 0.25) is 0 Å². The van der Waals surface area contributed by atoms with Crippen molar-refractivity contribution in [2.75, 3.05) is 17.2 Å². The minimum Gasteiger partial charge on any atom is -0.394 e. The van der Waals surface area contributed by atoms with Crippen molar-refractivity contribution in [1.29, 1.82) is 5.26 Å². The third kappa shape index (κ3) is 5.29. The van der Waals surface area contributed by atoms with Crippen LogP contribution in [0.2, 0.25) is 5.02 Å². The Morgan fingerprint density at radius 1 is 1.26 bits per heavy atom. The van der Waals surface area contributed by atoms with E-state index < -0.39 is 5.44 Å². The molecule has 8 nitrogen and oxygen atoms in total. The summed E-state index contributed by atoms with van der Waals surface area (Å²) in [7, 11) is 1.96. The highest BCUT2D eigenvalue weighted by Gasteiger charge is 2.35. The molecule has 0 aliphatic heterocycles. The number of benzene rings is 2. The van der Waals surface area contributed by atoms with Crippen LogP contribution in [-0.2, 0) is 5.44 Å². The predicted octanol–water partition coefficient (Wildman–Crippen LogP) is 4.59. The molecule has 5 rings (SSSR count). The minimum atomic E-state index is -0.884. The zero-order chi connectivity index (χ0) is 27.9. The van der Waals surface area contributed by atoms with E-state index in [1.165, 1.54) is 18.3 Å². The summed E-state index contributed by atoms with van der Waals surface area (Å²) in [5.74, 6) is -0.334. The van der Waals surface area contributed by atoms with Crippen LogP contribution in [0, 0.1) is 22.6 Å². The number of aliphatic hydroxyl groups is 1. The molecule has 1 saturated carbocycles. The SMILES string of the molecule is BC(Nc1cc(Cl)c2ncc(C#N)c(N[C@@H](CO)C(C)(C)C)c2c1)(c1ccc(F)cc1)c1cn(C2CC2)nn1. The third-order valence-electron chi connectivity index (χ3n) is 7.35. The molecule has 1 unspecified atom stereocenters. The Morgan fingerprint density at radius 3 is 2.59 bits per heavy atom. The van der Waals surface area contributed by atoms with Crippen molar-refractivity contribution in [3.63, 3.8) is 0 Å². The lowest BCUT2D eigenvalue weighted by Crippen LogP contribution is -2.38. The van der Waals surface area contributed by atoms with E-state index in [0.29, 0.717) is 44.6 Å². The Kier molecular flexibility index (Phi) is 6.99. The van der Waals surface area contributed by atoms with Gasteiger partial charge in [-0.25, -0.2) is 9.07 Å². The number of hydrogen-bond donors (Lipinski definition) is 3. The van der Waals surface area contributed by atoms with Gasteiger partial charge < -0.3 is 15.7 Å². The van der Waals surface area contributed by atoms with Crippen LogP contribution in [0.25, 0.3) is 10.9 Å². The monoisotopic (exact) mass is 545 g/mol. The lowest BCUT2D eigenvalue weighted by Gasteiger charge is -2.32. The molecular weight excluding hydrogens is 516 g/mol. The van der Waals surface area contributed by atoms with Gasteiger partial charge in [0.05, 0.1) is 52.1 Å². The van der Waals surface area contributed by atoms with Crippen molar-refractivity contribution in [3.8, 4) is 6.07 Å². The van der Waals surface area contributed by atoms with Crippen LogP contribution in [0.3, 0.4) is 0 Å². The number of aromatic nitrogens is 4. The maximum Gasteiger partial charge on any atom is 0.148 e. The van der Waals surface area contributed by atoms with E-state index in [9.17, 15) is 14.8 Å². The second kappa shape index (κ2) is 10.1. The molecule has 39 heavy (non-hydrogen) atoms. The summed E-state index contributed by atoms with van der Waals surface area (Å²) in [6, 6.07) is 12.2. The standard InChI is InChI=1S/C28H30BClFN7O/c1-27(2,3)24(15-39)34-25-16(12-32)13-33-26-21(25)10-19(11-22(26)30)35-28(29,17-4-6-18(31)7-5-17)23-14-38(37-36-23)20-8-9-20/h4-7,10-11,13-14,20,24,35,39H,8-9,15,29H2,1-3H3,(H,33,34)/t24-,28?/m0/s1. The number of hydrogen-bond acceptors (Lipinski definition) is 7. The Balaban J connectivity index is 1.63. The maximum atomic E-state index is 13.9. The minimum absolute atomic E-state index is 0.122. The number of aliphatic hydroxyl groups excluding tert-OH is 1. The Morgan fingerprint density at radius 2 is 1.97 bits per heavy atom. The van der Waals surface area contributed by atoms with Crippen molar-refractivity contribution < 1.29 is 9.50 Å². The smallest absolute Gasteiger partial charge is 0.148 e. The van der Waals surface area contributed by atoms with Gasteiger partial charge in [-0.1, -0.05) is 49.7 Å². The van der Waals surface area contributed by atoms with Gasteiger partial charge in [-0.3, -0.25) is 4.98 Å². The molecule has 2 aromatic heterocycles. The van der Waals surface area contributed by atoms with E-state index in [4.69, 9.17) is 11.6 Å². The van der Waals surface area contributed by atoms with Gasteiger partial charge in [0.15, 0.2) is 0 Å². The van der Waals surface area contributed by atoms with Gasteiger partial charge in [0.1, 0.15) is 25.4 Å². The van der Waals surface area contributed by atoms with Crippen LogP contribution in [0.1, 0.15) is 56.5 Å². The zero-order valence-corrected chi connectivity index (χ0v) is 23.1. The molecule has 1 aliphatic rings. The predicted molar refractivity (Wildman–Crippen MR) is 153 cm³/mol. The van der Waals surface area contributed by atoms with Gasteiger partial charge in [-0.15, -0.1) is 5.10 Å². The summed E-state index contributed by atoms with van der Waals surface area (Å²) in [6.45, 7) is 5.92. The normalized spacial score (nSPS) is 15.9. The van der Waals surface area contributed by atoms with E-state index in [1.54, 1.807) is 18.2 Å². The Labute approximate surface area is 232 Å². The first-order valence-corrected chi connectivity index (χ1v) is 13.3. The number of anilines is 2. The highest BCUT2D eigenvalue weighted by Crippen LogP contribution is 2.39. The van der Waals surface area contributed by atoms with E-state index in [2.05, 4.69) is 32.0 Å². The number of nitrogens with zero attached hydrogens (tertiary/aromatic N) is 5. The number of fused-ring (bicyclic) bond motifs is 1. The fraction of sp³-hybridized carbons (Fsp3) is 0.357. The summed E-state index contributed by atoms with van der Waals surface area (Å²) < 4.78 is 15.7. The van der Waals surface area contributed by atoms with E-state index in [1.807, 2.05) is 45.6 Å². The van der Waals surface area contributed by atoms with Gasteiger partial charge in [-0.05, 0) is 48.1 Å². The summed E-state index contributed by atoms with van der Waals surface area (Å²) in [6.07, 6.45) is 5.54. The van der Waals surface area contributed by atoms with Crippen molar-refractivity contribution in [3.05, 3.63) is 76.5 Å². The third-order valence-corrected chi connectivity index (χ3v) is 7.64. The lowest BCUT2D eigenvalue weighted by atomic mass is 9.69. The van der Waals surface area contributed by atoms with Gasteiger partial charge in [-0.2, -0.15) is 5.26 Å². The molecule has 0 radical (unpaired) electrons. The van der Waals surface area contributed by atoms with Crippen molar-refractivity contribution >= 4 is 41.7 Å². The molecule has 0 bridgehead atoms. The highest BCUT2D eigenvalue weighted by molar-refractivity contribution is 6.36. The summed E-state index contributed by atoms with van der Waals surface area (Å²) in [5, 5.41) is 36.8. The maximum absolute atomic E-state index is 13.9. The van der Waals surface area contributed by atoms with Crippen molar-refractivity contribution in [1.82, 2.24) is 20.0 Å². The van der Waals surface area contributed by atoms with Crippen LogP contribution in [0.5, 0.6) is 0 Å².